The van der Waals surface area contributed by atoms with Crippen molar-refractivity contribution in [2.75, 3.05) is 0 Å². The number of fused-ring (bicyclic) bond motifs is 4. The summed E-state index contributed by atoms with van der Waals surface area (Å²) >= 11 is 0. The molecule has 0 radical (unpaired) electrons. The second kappa shape index (κ2) is 17.6. The third-order valence-corrected chi connectivity index (χ3v) is 19.1. The first kappa shape index (κ1) is 39.9. The van der Waals surface area contributed by atoms with Crippen LogP contribution in [0.1, 0.15) is 36.1 Å². The highest BCUT2D eigenvalue weighted by molar-refractivity contribution is 7.73. The SMILES string of the molecule is C=CC1=C(C=C)P(Cc2cccc(CP3c4ccccc4Oc4ccccc43)c2-c2c(CC)cccc2CP2c3ccccc3Oc3ccccc32)C(/C=C\C)=C(C=C)O1. The van der Waals surface area contributed by atoms with Gasteiger partial charge in [0.2, 0.25) is 0 Å². The Balaban J connectivity index is 1.27. The van der Waals surface area contributed by atoms with Crippen LogP contribution in [-0.4, -0.2) is 0 Å². The van der Waals surface area contributed by atoms with Crippen LogP contribution in [0.2, 0.25) is 0 Å². The Morgan fingerprint density at radius 2 is 0.817 bits per heavy atom. The van der Waals surface area contributed by atoms with Crippen molar-refractivity contribution in [2.45, 2.75) is 38.8 Å². The van der Waals surface area contributed by atoms with Crippen molar-refractivity contribution in [3.8, 4) is 34.1 Å². The summed E-state index contributed by atoms with van der Waals surface area (Å²) in [6.45, 7) is 17.0. The van der Waals surface area contributed by atoms with Crippen molar-refractivity contribution in [3.63, 3.8) is 0 Å². The molecule has 3 heterocycles. The van der Waals surface area contributed by atoms with Gasteiger partial charge >= 0.3 is 0 Å². The smallest absolute Gasteiger partial charge is 0.135 e. The van der Waals surface area contributed by atoms with Crippen molar-refractivity contribution in [3.05, 3.63) is 228 Å². The maximum atomic E-state index is 6.54. The number of aryl methyl sites for hydroxylation is 1. The average molecular weight is 837 g/mol. The van der Waals surface area contributed by atoms with E-state index in [4.69, 9.17) is 14.2 Å². The highest BCUT2D eigenvalue weighted by Gasteiger charge is 2.33. The van der Waals surface area contributed by atoms with Crippen LogP contribution in [0, 0.1) is 0 Å². The van der Waals surface area contributed by atoms with Gasteiger partial charge in [-0.3, -0.25) is 0 Å². The van der Waals surface area contributed by atoms with Crippen LogP contribution < -0.4 is 30.7 Å². The summed E-state index contributed by atoms with van der Waals surface area (Å²) in [6, 6.07) is 48.5. The molecule has 0 N–H and O–H groups in total. The molecule has 6 heteroatoms. The number of allylic oxidation sites excluding steroid dienone is 7. The Morgan fingerprint density at radius 3 is 1.22 bits per heavy atom. The molecule has 0 aliphatic carbocycles. The quantitative estimate of drug-likeness (QED) is 0.115. The summed E-state index contributed by atoms with van der Waals surface area (Å²) in [4.78, 5) is 0. The molecule has 0 aromatic heterocycles. The fourth-order valence-corrected chi connectivity index (χ4v) is 16.3. The number of para-hydroxylation sites is 4. The summed E-state index contributed by atoms with van der Waals surface area (Å²) in [5.74, 6) is 5.37. The lowest BCUT2D eigenvalue weighted by molar-refractivity contribution is 0.332. The molecule has 3 aliphatic heterocycles. The van der Waals surface area contributed by atoms with Gasteiger partial charge in [-0.25, -0.2) is 0 Å². The fraction of sp³-hybridized carbons (Fsp3) is 0.111. The fourth-order valence-electron chi connectivity index (χ4n) is 8.68. The van der Waals surface area contributed by atoms with Gasteiger partial charge in [0.15, 0.2) is 0 Å². The van der Waals surface area contributed by atoms with Crippen LogP contribution in [0.5, 0.6) is 23.0 Å². The van der Waals surface area contributed by atoms with Crippen molar-refractivity contribution in [1.82, 2.24) is 0 Å². The molecule has 1 atom stereocenters. The van der Waals surface area contributed by atoms with Crippen LogP contribution in [0.25, 0.3) is 11.1 Å². The molecule has 9 rings (SSSR count). The van der Waals surface area contributed by atoms with Crippen molar-refractivity contribution in [1.29, 1.82) is 0 Å². The Bertz CT molecular complexity index is 2670. The lowest BCUT2D eigenvalue weighted by atomic mass is 9.88. The summed E-state index contributed by atoms with van der Waals surface area (Å²) in [5, 5.41) is 7.37. The molecule has 3 nitrogen and oxygen atoms in total. The summed E-state index contributed by atoms with van der Waals surface area (Å²) in [5.41, 5.74) is 8.09. The molecule has 0 saturated carbocycles. The molecule has 0 amide bonds. The minimum absolute atomic E-state index is 0.755. The Kier molecular flexibility index (Phi) is 11.7. The molecule has 60 heavy (non-hydrogen) atoms. The Labute approximate surface area is 358 Å². The van der Waals surface area contributed by atoms with E-state index in [9.17, 15) is 0 Å². The molecule has 0 bridgehead atoms. The zero-order chi connectivity index (χ0) is 41.2. The maximum absolute atomic E-state index is 6.54. The molecule has 0 fully saturated rings. The predicted molar refractivity (Wildman–Crippen MR) is 258 cm³/mol. The second-order valence-electron chi connectivity index (χ2n) is 14.8. The third kappa shape index (κ3) is 7.35. The topological polar surface area (TPSA) is 27.7 Å². The van der Waals surface area contributed by atoms with Gasteiger partial charge in [-0.2, -0.15) is 0 Å². The zero-order valence-corrected chi connectivity index (χ0v) is 36.8. The molecule has 6 aromatic rings. The Morgan fingerprint density at radius 1 is 0.433 bits per heavy atom. The lowest BCUT2D eigenvalue weighted by Gasteiger charge is -2.32. The van der Waals surface area contributed by atoms with E-state index in [0.29, 0.717) is 0 Å². The normalized spacial score (nSPS) is 15.9. The van der Waals surface area contributed by atoms with Gasteiger partial charge in [0.05, 0.1) is 0 Å². The molecular weight excluding hydrogens is 790 g/mol. The first-order valence-electron chi connectivity index (χ1n) is 20.5. The second-order valence-corrected chi connectivity index (χ2v) is 21.2. The van der Waals surface area contributed by atoms with Gasteiger partial charge in [-0.05, 0) is 107 Å². The molecule has 0 saturated heterocycles. The van der Waals surface area contributed by atoms with E-state index in [-0.39, 0.29) is 0 Å². The largest absolute Gasteiger partial charge is 0.456 e. The van der Waals surface area contributed by atoms with Gasteiger partial charge < -0.3 is 14.2 Å². The van der Waals surface area contributed by atoms with E-state index >= 15 is 0 Å². The van der Waals surface area contributed by atoms with Crippen molar-refractivity contribution in [2.24, 2.45) is 0 Å². The Hall–Kier alpha value is -5.55. The lowest BCUT2D eigenvalue weighted by Crippen LogP contribution is -2.22. The first-order valence-corrected chi connectivity index (χ1v) is 25.1. The number of rotatable bonds is 12. The van der Waals surface area contributed by atoms with E-state index in [0.717, 1.165) is 70.1 Å². The minimum Gasteiger partial charge on any atom is -0.456 e. The average Bonchev–Trinajstić information content (AvgIpc) is 3.29. The summed E-state index contributed by atoms with van der Waals surface area (Å²) in [7, 11) is -2.52. The van der Waals surface area contributed by atoms with Gasteiger partial charge in [0.25, 0.3) is 0 Å². The van der Waals surface area contributed by atoms with Crippen molar-refractivity contribution < 1.29 is 14.2 Å². The summed E-state index contributed by atoms with van der Waals surface area (Å²) in [6.07, 6.45) is 13.4. The third-order valence-electron chi connectivity index (χ3n) is 11.3. The zero-order valence-electron chi connectivity index (χ0n) is 34.1. The molecular formula is C54H47O3P3. The predicted octanol–water partition coefficient (Wildman–Crippen LogP) is 14.0. The van der Waals surface area contributed by atoms with E-state index in [2.05, 4.69) is 179 Å². The highest BCUT2D eigenvalue weighted by Crippen LogP contribution is 2.62. The van der Waals surface area contributed by atoms with Crippen LogP contribution >= 0.6 is 23.8 Å². The van der Waals surface area contributed by atoms with Crippen LogP contribution in [0.15, 0.2) is 206 Å². The van der Waals surface area contributed by atoms with Crippen LogP contribution in [0.4, 0.5) is 0 Å². The minimum atomic E-state index is -0.944. The highest BCUT2D eigenvalue weighted by atomic mass is 31.1. The monoisotopic (exact) mass is 836 g/mol. The van der Waals surface area contributed by atoms with E-state index in [1.807, 2.05) is 18.2 Å². The van der Waals surface area contributed by atoms with Crippen molar-refractivity contribution >= 4 is 45.0 Å². The molecule has 296 valence electrons. The molecule has 1 unspecified atom stereocenters. The number of ether oxygens (including phenoxy) is 3. The molecule has 6 aromatic carbocycles. The number of hydrogen-bond acceptors (Lipinski definition) is 3. The van der Waals surface area contributed by atoms with Gasteiger partial charge in [0.1, 0.15) is 34.5 Å². The standard InChI is InChI=1S/C54H47O3P3/c1-6-21-48-42(9-4)55-41(8-3)47(10-5)58(48)34-39-24-20-25-40(36-60-51-32-17-13-28-45(51)57-46-29-14-18-33-52(46)60)54(39)53-37(7-2)22-19-23-38(53)35-59-49-30-15-11-26-43(49)56-44-27-12-16-31-50(44)59/h6,8-33H,3-5,7,34-36H2,1-2H3/b21-6-. The maximum Gasteiger partial charge on any atom is 0.135 e. The van der Waals surface area contributed by atoms with Crippen LogP contribution in [0.3, 0.4) is 0 Å². The number of hydrogen-bond donors (Lipinski definition) is 0. The van der Waals surface area contributed by atoms with E-state index in [1.54, 1.807) is 0 Å². The van der Waals surface area contributed by atoms with Gasteiger partial charge in [0, 0.05) is 50.3 Å². The van der Waals surface area contributed by atoms with E-state index in [1.165, 1.54) is 54.6 Å². The molecule has 3 aliphatic rings. The summed E-state index contributed by atoms with van der Waals surface area (Å²) < 4.78 is 19.5. The number of benzene rings is 6. The molecule has 0 spiro atoms. The van der Waals surface area contributed by atoms with Gasteiger partial charge in [-0.15, -0.1) is 0 Å². The van der Waals surface area contributed by atoms with Gasteiger partial charge in [-0.1, -0.05) is 154 Å². The first-order chi connectivity index (χ1) is 29.5. The van der Waals surface area contributed by atoms with E-state index < -0.39 is 23.8 Å². The van der Waals surface area contributed by atoms with Crippen LogP contribution in [-0.2, 0) is 29.6 Å².